The number of halogens is 4. The molecule has 0 aliphatic carbocycles. The van der Waals surface area contributed by atoms with Crippen molar-refractivity contribution in [3.63, 3.8) is 0 Å². The Morgan fingerprint density at radius 3 is 2.41 bits per heavy atom. The van der Waals surface area contributed by atoms with Crippen LogP contribution >= 0.6 is 0 Å². The van der Waals surface area contributed by atoms with Crippen LogP contribution in [-0.2, 0) is 6.18 Å². The molecule has 150 valence electrons. The molecule has 3 rings (SSSR count). The number of H-pyrrole nitrogens is 1. The molecular formula is C20H15F4N3O2. The Kier molecular flexibility index (Phi) is 5.49. The van der Waals surface area contributed by atoms with Gasteiger partial charge in [-0.25, -0.2) is 9.37 Å². The van der Waals surface area contributed by atoms with Crippen molar-refractivity contribution in [1.29, 1.82) is 0 Å². The average Bonchev–Trinajstić information content (AvgIpc) is 2.67. The van der Waals surface area contributed by atoms with Crippen LogP contribution in [0.25, 0.3) is 11.4 Å². The number of nitrogens with one attached hydrogen (secondary N) is 2. The quantitative estimate of drug-likeness (QED) is 0.642. The van der Waals surface area contributed by atoms with Gasteiger partial charge in [-0.1, -0.05) is 36.4 Å². The lowest BCUT2D eigenvalue weighted by atomic mass is 10.0. The summed E-state index contributed by atoms with van der Waals surface area (Å²) in [6, 6.07) is 10.7. The van der Waals surface area contributed by atoms with Crippen LogP contribution in [0.5, 0.6) is 0 Å². The molecule has 29 heavy (non-hydrogen) atoms. The van der Waals surface area contributed by atoms with Gasteiger partial charge in [-0.2, -0.15) is 13.2 Å². The van der Waals surface area contributed by atoms with Crippen LogP contribution in [0.2, 0.25) is 0 Å². The molecule has 0 saturated heterocycles. The average molecular weight is 405 g/mol. The van der Waals surface area contributed by atoms with E-state index >= 15 is 0 Å². The summed E-state index contributed by atoms with van der Waals surface area (Å²) >= 11 is 0. The fraction of sp³-hybridized carbons (Fsp3) is 0.150. The molecule has 2 aromatic carbocycles. The minimum absolute atomic E-state index is 0.125. The van der Waals surface area contributed by atoms with Crippen molar-refractivity contribution in [3.05, 3.63) is 87.6 Å². The second-order valence-corrected chi connectivity index (χ2v) is 6.27. The molecular weight excluding hydrogens is 390 g/mol. The van der Waals surface area contributed by atoms with Crippen molar-refractivity contribution >= 4 is 5.91 Å². The van der Waals surface area contributed by atoms with E-state index in [0.29, 0.717) is 11.6 Å². The molecule has 0 spiro atoms. The van der Waals surface area contributed by atoms with E-state index in [2.05, 4.69) is 15.3 Å². The minimum Gasteiger partial charge on any atom is -0.344 e. The predicted octanol–water partition coefficient (Wildman–Crippen LogP) is 4.09. The lowest BCUT2D eigenvalue weighted by molar-refractivity contribution is -0.137. The lowest BCUT2D eigenvalue weighted by Crippen LogP contribution is -2.29. The number of aromatic amines is 1. The molecule has 5 nitrogen and oxygen atoms in total. The molecule has 2 N–H and O–H groups in total. The van der Waals surface area contributed by atoms with E-state index in [-0.39, 0.29) is 17.1 Å². The maximum Gasteiger partial charge on any atom is 0.416 e. The van der Waals surface area contributed by atoms with E-state index in [9.17, 15) is 27.2 Å². The van der Waals surface area contributed by atoms with Crippen LogP contribution in [-0.4, -0.2) is 15.9 Å². The van der Waals surface area contributed by atoms with Gasteiger partial charge in [0.2, 0.25) is 0 Å². The highest BCUT2D eigenvalue weighted by atomic mass is 19.4. The summed E-state index contributed by atoms with van der Waals surface area (Å²) in [6.07, 6.45) is -4.67. The zero-order valence-electron chi connectivity index (χ0n) is 15.0. The third-order valence-electron chi connectivity index (χ3n) is 4.16. The number of carbonyl (C=O) groups excluding carboxylic acids is 1. The third-order valence-corrected chi connectivity index (χ3v) is 4.16. The predicted molar refractivity (Wildman–Crippen MR) is 97.6 cm³/mol. The summed E-state index contributed by atoms with van der Waals surface area (Å²) in [5.41, 5.74) is -1.43. The number of alkyl halides is 3. The Bertz CT molecular complexity index is 1090. The summed E-state index contributed by atoms with van der Waals surface area (Å²) in [7, 11) is 0. The van der Waals surface area contributed by atoms with Gasteiger partial charge in [0, 0.05) is 17.2 Å². The molecule has 0 aliphatic rings. The van der Waals surface area contributed by atoms with Crippen molar-refractivity contribution < 1.29 is 22.4 Å². The van der Waals surface area contributed by atoms with E-state index < -0.39 is 35.1 Å². The Balaban J connectivity index is 1.84. The van der Waals surface area contributed by atoms with Gasteiger partial charge in [-0.05, 0) is 19.1 Å². The van der Waals surface area contributed by atoms with Gasteiger partial charge in [-0.3, -0.25) is 9.59 Å². The van der Waals surface area contributed by atoms with Gasteiger partial charge in [-0.15, -0.1) is 0 Å². The van der Waals surface area contributed by atoms with Crippen LogP contribution in [0.3, 0.4) is 0 Å². The molecule has 0 radical (unpaired) electrons. The highest BCUT2D eigenvalue weighted by molar-refractivity contribution is 5.92. The number of hydrogen-bond donors (Lipinski definition) is 2. The van der Waals surface area contributed by atoms with E-state index in [1.165, 1.54) is 6.92 Å². The van der Waals surface area contributed by atoms with Crippen molar-refractivity contribution in [2.75, 3.05) is 0 Å². The first-order chi connectivity index (χ1) is 13.6. The Hall–Kier alpha value is -3.49. The second kappa shape index (κ2) is 7.86. The third kappa shape index (κ3) is 4.68. The maximum atomic E-state index is 14.1. The summed E-state index contributed by atoms with van der Waals surface area (Å²) in [5.74, 6) is -1.69. The summed E-state index contributed by atoms with van der Waals surface area (Å²) in [4.78, 5) is 31.0. The molecule has 1 atom stereocenters. The summed E-state index contributed by atoms with van der Waals surface area (Å²) in [6.45, 7) is 1.41. The van der Waals surface area contributed by atoms with E-state index in [4.69, 9.17) is 0 Å². The van der Waals surface area contributed by atoms with Crippen LogP contribution in [0, 0.1) is 5.82 Å². The molecule has 9 heteroatoms. The molecule has 3 aromatic rings. The molecule has 1 aromatic heterocycles. The first kappa shape index (κ1) is 20.2. The smallest absolute Gasteiger partial charge is 0.344 e. The fourth-order valence-corrected chi connectivity index (χ4v) is 2.71. The van der Waals surface area contributed by atoms with Gasteiger partial charge in [0.1, 0.15) is 17.3 Å². The number of benzene rings is 2. The number of carbonyl (C=O) groups is 1. The molecule has 1 unspecified atom stereocenters. The maximum absolute atomic E-state index is 14.1. The summed E-state index contributed by atoms with van der Waals surface area (Å²) in [5, 5.41) is 2.44. The molecule has 1 heterocycles. The van der Waals surface area contributed by atoms with Crippen molar-refractivity contribution in [2.24, 2.45) is 0 Å². The topological polar surface area (TPSA) is 74.8 Å². The zero-order chi connectivity index (χ0) is 21.2. The summed E-state index contributed by atoms with van der Waals surface area (Å²) < 4.78 is 52.1. The number of aromatic nitrogens is 2. The SMILES string of the molecule is CC(NC(=O)c1cc(=O)[nH]c(-c2ccccc2)n1)c1ccc(C(F)(F)F)cc1F. The van der Waals surface area contributed by atoms with Crippen LogP contribution in [0.15, 0.2) is 59.4 Å². The van der Waals surface area contributed by atoms with Crippen molar-refractivity contribution in [3.8, 4) is 11.4 Å². The Morgan fingerprint density at radius 2 is 1.79 bits per heavy atom. The van der Waals surface area contributed by atoms with E-state index in [1.807, 2.05) is 0 Å². The Labute approximate surface area is 162 Å². The van der Waals surface area contributed by atoms with Crippen LogP contribution in [0.4, 0.5) is 17.6 Å². The van der Waals surface area contributed by atoms with Gasteiger partial charge in [0.25, 0.3) is 11.5 Å². The first-order valence-electron chi connectivity index (χ1n) is 8.49. The standard InChI is InChI=1S/C20H15F4N3O2/c1-11(14-8-7-13(9-15(14)21)20(22,23)24)25-19(29)16-10-17(28)27-18(26-16)12-5-3-2-4-6-12/h2-11H,1H3,(H,25,29)(H,26,27,28). The Morgan fingerprint density at radius 1 is 1.10 bits per heavy atom. The number of hydrogen-bond acceptors (Lipinski definition) is 3. The number of nitrogens with zero attached hydrogens (tertiary/aromatic N) is 1. The molecule has 0 aliphatic heterocycles. The van der Waals surface area contributed by atoms with E-state index in [0.717, 1.165) is 18.2 Å². The number of amides is 1. The molecule has 0 bridgehead atoms. The minimum atomic E-state index is -4.67. The monoisotopic (exact) mass is 405 g/mol. The fourth-order valence-electron chi connectivity index (χ4n) is 2.71. The van der Waals surface area contributed by atoms with Gasteiger partial charge >= 0.3 is 6.18 Å². The molecule has 0 fully saturated rings. The largest absolute Gasteiger partial charge is 0.416 e. The molecule has 1 amide bonds. The van der Waals surface area contributed by atoms with Crippen LogP contribution < -0.4 is 10.9 Å². The number of rotatable bonds is 4. The zero-order valence-corrected chi connectivity index (χ0v) is 15.0. The lowest BCUT2D eigenvalue weighted by Gasteiger charge is -2.16. The second-order valence-electron chi connectivity index (χ2n) is 6.27. The van der Waals surface area contributed by atoms with Gasteiger partial charge in [0.15, 0.2) is 0 Å². The van der Waals surface area contributed by atoms with Crippen molar-refractivity contribution in [1.82, 2.24) is 15.3 Å². The van der Waals surface area contributed by atoms with Crippen LogP contribution in [0.1, 0.15) is 34.6 Å². The van der Waals surface area contributed by atoms with Crippen molar-refractivity contribution in [2.45, 2.75) is 19.1 Å². The van der Waals surface area contributed by atoms with E-state index in [1.54, 1.807) is 30.3 Å². The highest BCUT2D eigenvalue weighted by Gasteiger charge is 2.31. The molecule has 0 saturated carbocycles. The highest BCUT2D eigenvalue weighted by Crippen LogP contribution is 2.31. The van der Waals surface area contributed by atoms with Gasteiger partial charge < -0.3 is 10.3 Å². The first-order valence-corrected chi connectivity index (χ1v) is 8.49. The van der Waals surface area contributed by atoms with Gasteiger partial charge in [0.05, 0.1) is 11.6 Å². The normalized spacial score (nSPS) is 12.4.